The molecule has 0 amide bonds. The number of nitrogens with zero attached hydrogens (tertiary/aromatic N) is 2. The highest BCUT2D eigenvalue weighted by molar-refractivity contribution is 5.18. The first-order valence-electron chi connectivity index (χ1n) is 7.43. The Morgan fingerprint density at radius 2 is 1.89 bits per heavy atom. The molecule has 0 aromatic carbocycles. The molecule has 1 aromatic heterocycles. The van der Waals surface area contributed by atoms with E-state index in [1.165, 1.54) is 37.7 Å². The molecule has 0 spiro atoms. The van der Waals surface area contributed by atoms with E-state index in [0.717, 1.165) is 23.8 Å². The molecule has 2 aliphatic carbocycles. The summed E-state index contributed by atoms with van der Waals surface area (Å²) in [6.45, 7) is 0. The Bertz CT molecular complexity index is 416. The van der Waals surface area contributed by atoms with Gasteiger partial charge in [-0.25, -0.2) is 0 Å². The third kappa shape index (κ3) is 1.62. The predicted molar refractivity (Wildman–Crippen MR) is 72.1 cm³/mol. The van der Waals surface area contributed by atoms with Gasteiger partial charge in [0.15, 0.2) is 0 Å². The van der Waals surface area contributed by atoms with E-state index >= 15 is 0 Å². The second-order valence-corrected chi connectivity index (χ2v) is 6.72. The third-order valence-corrected chi connectivity index (χ3v) is 5.64. The maximum absolute atomic E-state index is 4.34. The maximum atomic E-state index is 4.34. The average Bonchev–Trinajstić information content (AvgIpc) is 2.52. The number of hydrogen-bond acceptors (Lipinski definition) is 2. The summed E-state index contributed by atoms with van der Waals surface area (Å²) in [4.78, 5) is 7.02. The zero-order valence-corrected chi connectivity index (χ0v) is 11.1. The van der Waals surface area contributed by atoms with Crippen molar-refractivity contribution in [3.05, 3.63) is 30.1 Å². The maximum Gasteiger partial charge on any atom is 0.0391 e. The van der Waals surface area contributed by atoms with Crippen molar-refractivity contribution < 1.29 is 0 Å². The Hall–Kier alpha value is -0.890. The zero-order chi connectivity index (χ0) is 12.1. The van der Waals surface area contributed by atoms with Crippen LogP contribution in [-0.2, 0) is 0 Å². The summed E-state index contributed by atoms with van der Waals surface area (Å²) in [5.74, 6) is 2.89. The second-order valence-electron chi connectivity index (χ2n) is 6.72. The molecular formula is C16H22N2. The monoisotopic (exact) mass is 242 g/mol. The molecule has 4 aliphatic rings. The van der Waals surface area contributed by atoms with Crippen LogP contribution in [0.25, 0.3) is 0 Å². The zero-order valence-electron chi connectivity index (χ0n) is 11.1. The van der Waals surface area contributed by atoms with Gasteiger partial charge in [0, 0.05) is 24.5 Å². The second kappa shape index (κ2) is 4.06. The molecule has 3 unspecified atom stereocenters. The highest BCUT2D eigenvalue weighted by Gasteiger charge is 2.46. The number of hydrogen-bond donors (Lipinski definition) is 0. The fraction of sp³-hybridized carbons (Fsp3) is 0.688. The fourth-order valence-electron chi connectivity index (χ4n) is 5.08. The summed E-state index contributed by atoms with van der Waals surface area (Å²) in [7, 11) is 2.35. The first-order valence-corrected chi connectivity index (χ1v) is 7.43. The number of fused-ring (bicyclic) bond motifs is 1. The van der Waals surface area contributed by atoms with Crippen LogP contribution in [-0.4, -0.2) is 23.0 Å². The van der Waals surface area contributed by atoms with Gasteiger partial charge < -0.3 is 0 Å². The summed E-state index contributed by atoms with van der Waals surface area (Å²) in [6.07, 6.45) is 11.3. The highest BCUT2D eigenvalue weighted by atomic mass is 15.2. The molecule has 3 heterocycles. The van der Waals surface area contributed by atoms with E-state index in [1.807, 2.05) is 6.20 Å². The fourth-order valence-corrected chi connectivity index (χ4v) is 5.08. The largest absolute Gasteiger partial charge is 0.296 e. The van der Waals surface area contributed by atoms with Crippen LogP contribution in [0.2, 0.25) is 0 Å². The molecule has 2 aliphatic heterocycles. The minimum Gasteiger partial charge on any atom is -0.296 e. The normalized spacial score (nSPS) is 43.1. The van der Waals surface area contributed by atoms with Gasteiger partial charge in [-0.3, -0.25) is 9.88 Å². The van der Waals surface area contributed by atoms with Gasteiger partial charge in [0.1, 0.15) is 0 Å². The lowest BCUT2D eigenvalue weighted by Crippen LogP contribution is -2.36. The van der Waals surface area contributed by atoms with E-state index < -0.39 is 0 Å². The van der Waals surface area contributed by atoms with E-state index in [0.29, 0.717) is 6.04 Å². The predicted octanol–water partition coefficient (Wildman–Crippen LogP) is 3.26. The quantitative estimate of drug-likeness (QED) is 0.751. The van der Waals surface area contributed by atoms with E-state index in [9.17, 15) is 0 Å². The molecule has 2 saturated carbocycles. The van der Waals surface area contributed by atoms with E-state index in [2.05, 4.69) is 35.3 Å². The molecule has 4 fully saturated rings. The van der Waals surface area contributed by atoms with Crippen LogP contribution in [0.5, 0.6) is 0 Å². The van der Waals surface area contributed by atoms with Gasteiger partial charge >= 0.3 is 0 Å². The van der Waals surface area contributed by atoms with Crippen molar-refractivity contribution in [2.24, 2.45) is 17.8 Å². The van der Waals surface area contributed by atoms with Crippen molar-refractivity contribution in [2.45, 2.75) is 44.2 Å². The van der Waals surface area contributed by atoms with E-state index in [4.69, 9.17) is 0 Å². The van der Waals surface area contributed by atoms with Crippen molar-refractivity contribution in [3.63, 3.8) is 0 Å². The van der Waals surface area contributed by atoms with Crippen molar-refractivity contribution in [1.29, 1.82) is 0 Å². The molecule has 4 bridgehead atoms. The number of rotatable bonds is 1. The summed E-state index contributed by atoms with van der Waals surface area (Å²) in [5.41, 5.74) is 1.44. The van der Waals surface area contributed by atoms with Crippen molar-refractivity contribution in [2.75, 3.05) is 7.05 Å². The minimum absolute atomic E-state index is 0.624. The molecule has 0 radical (unpaired) electrons. The van der Waals surface area contributed by atoms with Gasteiger partial charge in [-0.05, 0) is 68.5 Å². The van der Waals surface area contributed by atoms with Gasteiger partial charge in [-0.2, -0.15) is 0 Å². The van der Waals surface area contributed by atoms with Gasteiger partial charge in [0.05, 0.1) is 0 Å². The molecule has 2 nitrogen and oxygen atoms in total. The summed E-state index contributed by atoms with van der Waals surface area (Å²) in [6, 6.07) is 5.82. The molecule has 5 atom stereocenters. The van der Waals surface area contributed by atoms with Crippen LogP contribution in [0.1, 0.15) is 43.7 Å². The highest BCUT2D eigenvalue weighted by Crippen LogP contribution is 2.53. The topological polar surface area (TPSA) is 16.1 Å². The third-order valence-electron chi connectivity index (χ3n) is 5.64. The molecule has 5 rings (SSSR count). The van der Waals surface area contributed by atoms with Crippen LogP contribution < -0.4 is 0 Å². The molecule has 0 N–H and O–H groups in total. The smallest absolute Gasteiger partial charge is 0.0391 e. The Morgan fingerprint density at radius 1 is 1.11 bits per heavy atom. The van der Waals surface area contributed by atoms with E-state index in [1.54, 1.807) is 0 Å². The standard InChI is InChI=1S/C16H22N2/c1-18-15-8-11-5-12(9-15)7-14(6-11)16(18)13-3-2-4-17-10-13/h2-4,10-12,14-16H,5-9H2,1H3/t11-,12+,14?,15?,16?. The number of aromatic nitrogens is 1. The minimum atomic E-state index is 0.624. The lowest BCUT2D eigenvalue weighted by Gasteiger charge is -2.38. The summed E-state index contributed by atoms with van der Waals surface area (Å²) < 4.78 is 0. The van der Waals surface area contributed by atoms with Crippen LogP contribution in [0.15, 0.2) is 24.5 Å². The van der Waals surface area contributed by atoms with Crippen LogP contribution in [0.3, 0.4) is 0 Å². The Kier molecular flexibility index (Phi) is 2.47. The molecule has 96 valence electrons. The van der Waals surface area contributed by atoms with Crippen LogP contribution >= 0.6 is 0 Å². The SMILES string of the molecule is CN1C2C[C@H]3CC(C[C@@H](C2)C3)C1c1cccnc1. The molecule has 1 aromatic rings. The van der Waals surface area contributed by atoms with E-state index in [-0.39, 0.29) is 0 Å². The molecular weight excluding hydrogens is 220 g/mol. The summed E-state index contributed by atoms with van der Waals surface area (Å²) >= 11 is 0. The average molecular weight is 242 g/mol. The molecule has 18 heavy (non-hydrogen) atoms. The molecule has 2 heteroatoms. The Balaban J connectivity index is 1.74. The Labute approximate surface area is 109 Å². The molecule has 2 saturated heterocycles. The van der Waals surface area contributed by atoms with Crippen LogP contribution in [0.4, 0.5) is 0 Å². The van der Waals surface area contributed by atoms with Crippen molar-refractivity contribution in [1.82, 2.24) is 9.88 Å². The number of pyridine rings is 1. The lowest BCUT2D eigenvalue weighted by atomic mass is 9.67. The van der Waals surface area contributed by atoms with Crippen molar-refractivity contribution in [3.8, 4) is 0 Å². The van der Waals surface area contributed by atoms with Crippen LogP contribution in [0, 0.1) is 17.8 Å². The Morgan fingerprint density at radius 3 is 2.56 bits per heavy atom. The van der Waals surface area contributed by atoms with Gasteiger partial charge in [0.2, 0.25) is 0 Å². The first-order chi connectivity index (χ1) is 8.81. The van der Waals surface area contributed by atoms with Gasteiger partial charge in [-0.1, -0.05) is 6.07 Å². The van der Waals surface area contributed by atoms with Gasteiger partial charge in [0.25, 0.3) is 0 Å². The first kappa shape index (κ1) is 11.0. The lowest BCUT2D eigenvalue weighted by molar-refractivity contribution is 0.133. The summed E-state index contributed by atoms with van der Waals surface area (Å²) in [5, 5.41) is 0. The van der Waals surface area contributed by atoms with Gasteiger partial charge in [-0.15, -0.1) is 0 Å². The van der Waals surface area contributed by atoms with Crippen molar-refractivity contribution >= 4 is 0 Å².